The molecule has 0 unspecified atom stereocenters. The molecule has 19 heavy (non-hydrogen) atoms. The van der Waals surface area contributed by atoms with Crippen molar-refractivity contribution in [1.82, 2.24) is 4.90 Å². The van der Waals surface area contributed by atoms with Crippen molar-refractivity contribution in [1.29, 1.82) is 0 Å². The Kier molecular flexibility index (Phi) is 7.56. The van der Waals surface area contributed by atoms with Crippen LogP contribution in [0.25, 0.3) is 0 Å². The molecule has 4 heteroatoms. The number of amides is 1. The Bertz CT molecular complexity index is 366. The van der Waals surface area contributed by atoms with Crippen molar-refractivity contribution < 1.29 is 4.79 Å². The molecule has 108 valence electrons. The molecule has 0 aliphatic carbocycles. The summed E-state index contributed by atoms with van der Waals surface area (Å²) in [7, 11) is 0. The van der Waals surface area contributed by atoms with Gasteiger partial charge in [0.2, 0.25) is 0 Å². The van der Waals surface area contributed by atoms with E-state index in [-0.39, 0.29) is 5.91 Å². The van der Waals surface area contributed by atoms with E-state index in [9.17, 15) is 4.79 Å². The fourth-order valence-electron chi connectivity index (χ4n) is 2.06. The maximum absolute atomic E-state index is 12.5. The normalized spacial score (nSPS) is 10.6. The summed E-state index contributed by atoms with van der Waals surface area (Å²) >= 11 is 1.45. The number of unbranched alkanes of at least 4 members (excludes halogenated alkanes) is 4. The minimum absolute atomic E-state index is 0.111. The molecule has 0 bridgehead atoms. The molecule has 3 nitrogen and oxygen atoms in total. The van der Waals surface area contributed by atoms with Crippen LogP contribution in [0.4, 0.5) is 5.69 Å². The van der Waals surface area contributed by atoms with E-state index in [2.05, 4.69) is 13.8 Å². The molecule has 1 heterocycles. The van der Waals surface area contributed by atoms with E-state index >= 15 is 0 Å². The van der Waals surface area contributed by atoms with E-state index in [1.165, 1.54) is 37.0 Å². The van der Waals surface area contributed by atoms with Crippen LogP contribution in [0.1, 0.15) is 62.0 Å². The van der Waals surface area contributed by atoms with Crippen molar-refractivity contribution in [3.63, 3.8) is 0 Å². The highest BCUT2D eigenvalue weighted by Gasteiger charge is 2.18. The largest absolute Gasteiger partial charge is 0.397 e. The number of nitrogens with zero attached hydrogens (tertiary/aromatic N) is 1. The monoisotopic (exact) mass is 282 g/mol. The van der Waals surface area contributed by atoms with Crippen LogP contribution in [0.3, 0.4) is 0 Å². The average Bonchev–Trinajstić information content (AvgIpc) is 2.83. The van der Waals surface area contributed by atoms with E-state index in [0.717, 1.165) is 25.9 Å². The second-order valence-electron chi connectivity index (χ2n) is 4.91. The van der Waals surface area contributed by atoms with Crippen LogP contribution in [0, 0.1) is 0 Å². The number of hydrogen-bond donors (Lipinski definition) is 1. The number of thiophene rings is 1. The molecule has 0 aliphatic rings. The third kappa shape index (κ3) is 5.23. The van der Waals surface area contributed by atoms with Gasteiger partial charge < -0.3 is 10.6 Å². The maximum Gasteiger partial charge on any atom is 0.266 e. The third-order valence-electron chi connectivity index (χ3n) is 3.24. The van der Waals surface area contributed by atoms with Gasteiger partial charge in [-0.3, -0.25) is 4.79 Å². The van der Waals surface area contributed by atoms with E-state index in [4.69, 9.17) is 5.73 Å². The first-order valence-corrected chi connectivity index (χ1v) is 8.20. The second-order valence-corrected chi connectivity index (χ2v) is 5.83. The molecular formula is C15H26N2OS. The topological polar surface area (TPSA) is 46.3 Å². The first kappa shape index (κ1) is 16.0. The van der Waals surface area contributed by atoms with Crippen LogP contribution >= 0.6 is 11.3 Å². The van der Waals surface area contributed by atoms with E-state index in [1.54, 1.807) is 0 Å². The summed E-state index contributed by atoms with van der Waals surface area (Å²) in [5.41, 5.74) is 6.47. The minimum Gasteiger partial charge on any atom is -0.397 e. The zero-order chi connectivity index (χ0) is 14.1. The van der Waals surface area contributed by atoms with Gasteiger partial charge in [0, 0.05) is 13.1 Å². The van der Waals surface area contributed by atoms with Crippen molar-refractivity contribution in [3.8, 4) is 0 Å². The van der Waals surface area contributed by atoms with Crippen LogP contribution in [-0.4, -0.2) is 23.9 Å². The molecule has 1 rings (SSSR count). The number of hydrogen-bond acceptors (Lipinski definition) is 3. The van der Waals surface area contributed by atoms with Gasteiger partial charge in [-0.15, -0.1) is 11.3 Å². The molecule has 2 N–H and O–H groups in total. The molecule has 0 aromatic carbocycles. The highest BCUT2D eigenvalue weighted by molar-refractivity contribution is 7.12. The summed E-state index contributed by atoms with van der Waals surface area (Å²) in [6.07, 6.45) is 6.88. The van der Waals surface area contributed by atoms with Crippen molar-refractivity contribution in [3.05, 3.63) is 16.3 Å². The van der Waals surface area contributed by atoms with Gasteiger partial charge in [0.15, 0.2) is 0 Å². The molecule has 1 aromatic rings. The Hall–Kier alpha value is -1.03. The Labute approximate surface area is 120 Å². The summed E-state index contributed by atoms with van der Waals surface area (Å²) in [5.74, 6) is 0.111. The molecule has 0 spiro atoms. The molecule has 0 aliphatic heterocycles. The van der Waals surface area contributed by atoms with Gasteiger partial charge in [0.05, 0.1) is 5.69 Å². The third-order valence-corrected chi connectivity index (χ3v) is 4.16. The van der Waals surface area contributed by atoms with Crippen molar-refractivity contribution in [2.75, 3.05) is 18.8 Å². The van der Waals surface area contributed by atoms with Gasteiger partial charge in [0.1, 0.15) is 4.88 Å². The summed E-state index contributed by atoms with van der Waals surface area (Å²) < 4.78 is 0. The fraction of sp³-hybridized carbons (Fsp3) is 0.667. The number of nitrogens with two attached hydrogens (primary N) is 1. The van der Waals surface area contributed by atoms with Crippen molar-refractivity contribution in [2.45, 2.75) is 52.4 Å². The van der Waals surface area contributed by atoms with E-state index in [1.807, 2.05) is 16.3 Å². The van der Waals surface area contributed by atoms with E-state index < -0.39 is 0 Å². The quantitative estimate of drug-likeness (QED) is 0.691. The van der Waals surface area contributed by atoms with Crippen LogP contribution in [0.2, 0.25) is 0 Å². The number of carbonyl (C=O) groups excluding carboxylic acids is 1. The lowest BCUT2D eigenvalue weighted by Gasteiger charge is -2.22. The standard InChI is InChI=1S/C15H26N2OS/c1-3-5-7-10-17(11-8-6-4-2)15(18)14-13(16)9-12-19-14/h9,12H,3-8,10-11,16H2,1-2H3. The SMILES string of the molecule is CCCCCN(CCCCC)C(=O)c1sccc1N. The minimum atomic E-state index is 0.111. The first-order chi connectivity index (χ1) is 9.20. The van der Waals surface area contributed by atoms with Gasteiger partial charge in [0.25, 0.3) is 5.91 Å². The molecule has 0 saturated heterocycles. The first-order valence-electron chi connectivity index (χ1n) is 7.32. The predicted molar refractivity (Wildman–Crippen MR) is 83.7 cm³/mol. The smallest absolute Gasteiger partial charge is 0.266 e. The zero-order valence-electron chi connectivity index (χ0n) is 12.2. The lowest BCUT2D eigenvalue weighted by atomic mass is 10.2. The second kappa shape index (κ2) is 8.97. The Morgan fingerprint density at radius 3 is 2.16 bits per heavy atom. The highest BCUT2D eigenvalue weighted by atomic mass is 32.1. The number of rotatable bonds is 9. The molecule has 1 amide bonds. The summed E-state index contributed by atoms with van der Waals surface area (Å²) in [6.45, 7) is 6.07. The zero-order valence-corrected chi connectivity index (χ0v) is 13.0. The number of carbonyl (C=O) groups is 1. The Balaban J connectivity index is 2.60. The molecule has 0 saturated carbocycles. The number of anilines is 1. The van der Waals surface area contributed by atoms with Gasteiger partial charge in [-0.25, -0.2) is 0 Å². The molecule has 0 atom stereocenters. The number of nitrogen functional groups attached to an aromatic ring is 1. The molecule has 0 fully saturated rings. The molecule has 1 aromatic heterocycles. The molecule has 0 radical (unpaired) electrons. The van der Waals surface area contributed by atoms with Crippen LogP contribution in [0.5, 0.6) is 0 Å². The average molecular weight is 282 g/mol. The molecular weight excluding hydrogens is 256 g/mol. The van der Waals surface area contributed by atoms with Gasteiger partial charge in [-0.1, -0.05) is 39.5 Å². The van der Waals surface area contributed by atoms with Gasteiger partial charge in [-0.2, -0.15) is 0 Å². The summed E-state index contributed by atoms with van der Waals surface area (Å²) in [6, 6.07) is 1.81. The van der Waals surface area contributed by atoms with E-state index in [0.29, 0.717) is 10.6 Å². The van der Waals surface area contributed by atoms with Crippen LogP contribution < -0.4 is 5.73 Å². The summed E-state index contributed by atoms with van der Waals surface area (Å²) in [4.78, 5) is 15.2. The van der Waals surface area contributed by atoms with Gasteiger partial charge in [-0.05, 0) is 24.3 Å². The lowest BCUT2D eigenvalue weighted by molar-refractivity contribution is 0.0755. The van der Waals surface area contributed by atoms with Crippen molar-refractivity contribution in [2.24, 2.45) is 0 Å². The maximum atomic E-state index is 12.5. The highest BCUT2D eigenvalue weighted by Crippen LogP contribution is 2.21. The Morgan fingerprint density at radius 2 is 1.74 bits per heavy atom. The Morgan fingerprint density at radius 1 is 1.16 bits per heavy atom. The van der Waals surface area contributed by atoms with Crippen LogP contribution in [-0.2, 0) is 0 Å². The fourth-order valence-corrected chi connectivity index (χ4v) is 2.84. The van der Waals surface area contributed by atoms with Gasteiger partial charge >= 0.3 is 0 Å². The van der Waals surface area contributed by atoms with Crippen LogP contribution in [0.15, 0.2) is 11.4 Å². The lowest BCUT2D eigenvalue weighted by Crippen LogP contribution is -2.32. The summed E-state index contributed by atoms with van der Waals surface area (Å²) in [5, 5.41) is 1.89. The van der Waals surface area contributed by atoms with Crippen molar-refractivity contribution >= 4 is 22.9 Å². The predicted octanol–water partition coefficient (Wildman–Crippen LogP) is 4.15.